The molecule has 4 nitrogen and oxygen atoms in total. The number of hydrogen-bond acceptors (Lipinski definition) is 4. The second kappa shape index (κ2) is 7.24. The molecular formula is C15H15ClN2O2S. The van der Waals surface area contributed by atoms with E-state index in [4.69, 9.17) is 16.3 Å². The molecule has 0 radical (unpaired) electrons. The highest BCUT2D eigenvalue weighted by atomic mass is 35.5. The number of hydrazone groups is 1. The largest absolute Gasteiger partial charge is 0.483 e. The zero-order chi connectivity index (χ0) is 15.2. The maximum atomic E-state index is 11.7. The molecule has 6 heteroatoms. The van der Waals surface area contributed by atoms with Crippen molar-refractivity contribution in [2.45, 2.75) is 13.8 Å². The Morgan fingerprint density at radius 3 is 2.67 bits per heavy atom. The first-order valence-corrected chi connectivity index (χ1v) is 7.52. The Balaban J connectivity index is 1.84. The van der Waals surface area contributed by atoms with Crippen molar-refractivity contribution in [3.8, 4) is 5.75 Å². The van der Waals surface area contributed by atoms with Gasteiger partial charge in [-0.05, 0) is 37.1 Å². The number of nitrogens with one attached hydrogen (secondary N) is 1. The number of carbonyl (C=O) groups excluding carboxylic acids is 1. The normalized spacial score (nSPS) is 10.8. The summed E-state index contributed by atoms with van der Waals surface area (Å²) in [6, 6.07) is 9.45. The first-order valence-electron chi connectivity index (χ1n) is 6.32. The second-order valence-electron chi connectivity index (χ2n) is 4.44. The standard InChI is InChI=1S/C15H15ClN2O2S/c1-10-4-3-5-11(2)15(10)20-9-14(19)18-17-8-12-6-7-13(16)21-12/h3-8H,9H2,1-2H3,(H,18,19)/b17-8+. The Morgan fingerprint density at radius 2 is 2.05 bits per heavy atom. The first kappa shape index (κ1) is 15.5. The van der Waals surface area contributed by atoms with Gasteiger partial charge in [0.2, 0.25) is 0 Å². The molecule has 0 spiro atoms. The molecular weight excluding hydrogens is 308 g/mol. The van der Waals surface area contributed by atoms with E-state index in [0.29, 0.717) is 4.34 Å². The van der Waals surface area contributed by atoms with Crippen molar-refractivity contribution in [2.24, 2.45) is 5.10 Å². The van der Waals surface area contributed by atoms with E-state index >= 15 is 0 Å². The molecule has 0 bridgehead atoms. The van der Waals surface area contributed by atoms with E-state index in [1.165, 1.54) is 11.3 Å². The number of ether oxygens (including phenoxy) is 1. The molecule has 0 aliphatic heterocycles. The van der Waals surface area contributed by atoms with E-state index in [0.717, 1.165) is 21.8 Å². The minimum absolute atomic E-state index is 0.0752. The van der Waals surface area contributed by atoms with Crippen molar-refractivity contribution in [1.82, 2.24) is 5.43 Å². The van der Waals surface area contributed by atoms with Gasteiger partial charge in [-0.2, -0.15) is 5.10 Å². The van der Waals surface area contributed by atoms with E-state index in [9.17, 15) is 4.79 Å². The van der Waals surface area contributed by atoms with E-state index in [-0.39, 0.29) is 12.5 Å². The summed E-state index contributed by atoms with van der Waals surface area (Å²) in [6.45, 7) is 3.81. The minimum atomic E-state index is -0.309. The first-order chi connectivity index (χ1) is 10.1. The molecule has 1 amide bonds. The van der Waals surface area contributed by atoms with Crippen molar-refractivity contribution >= 4 is 35.1 Å². The van der Waals surface area contributed by atoms with Crippen LogP contribution in [0.15, 0.2) is 35.4 Å². The van der Waals surface area contributed by atoms with Crippen LogP contribution < -0.4 is 10.2 Å². The van der Waals surface area contributed by atoms with Gasteiger partial charge in [0.1, 0.15) is 5.75 Å². The summed E-state index contributed by atoms with van der Waals surface area (Å²) < 4.78 is 6.21. The van der Waals surface area contributed by atoms with Gasteiger partial charge in [0, 0.05) is 4.88 Å². The SMILES string of the molecule is Cc1cccc(C)c1OCC(=O)N/N=C/c1ccc(Cl)s1. The zero-order valence-corrected chi connectivity index (χ0v) is 13.3. The molecule has 0 unspecified atom stereocenters. The second-order valence-corrected chi connectivity index (χ2v) is 6.19. The van der Waals surface area contributed by atoms with Crippen LogP contribution in [0.4, 0.5) is 0 Å². The molecule has 0 aliphatic rings. The highest BCUT2D eigenvalue weighted by Gasteiger charge is 2.06. The predicted molar refractivity (Wildman–Crippen MR) is 86.5 cm³/mol. The molecule has 21 heavy (non-hydrogen) atoms. The van der Waals surface area contributed by atoms with Crippen molar-refractivity contribution in [3.05, 3.63) is 50.7 Å². The zero-order valence-electron chi connectivity index (χ0n) is 11.7. The number of rotatable bonds is 5. The summed E-state index contributed by atoms with van der Waals surface area (Å²) in [5.41, 5.74) is 4.42. The number of nitrogens with zero attached hydrogens (tertiary/aromatic N) is 1. The van der Waals surface area contributed by atoms with Gasteiger partial charge in [-0.25, -0.2) is 5.43 Å². The lowest BCUT2D eigenvalue weighted by Crippen LogP contribution is -2.24. The summed E-state index contributed by atoms with van der Waals surface area (Å²) in [5.74, 6) is 0.429. The van der Waals surface area contributed by atoms with Crippen LogP contribution in [0.5, 0.6) is 5.75 Å². The van der Waals surface area contributed by atoms with Gasteiger partial charge in [-0.1, -0.05) is 29.8 Å². The van der Waals surface area contributed by atoms with E-state index in [1.807, 2.05) is 38.1 Å². The molecule has 110 valence electrons. The van der Waals surface area contributed by atoms with Gasteiger partial charge in [0.05, 0.1) is 10.6 Å². The van der Waals surface area contributed by atoms with Crippen LogP contribution in [-0.2, 0) is 4.79 Å². The van der Waals surface area contributed by atoms with Gasteiger partial charge in [-0.3, -0.25) is 4.79 Å². The van der Waals surface area contributed by atoms with E-state index < -0.39 is 0 Å². The average molecular weight is 323 g/mol. The lowest BCUT2D eigenvalue weighted by atomic mass is 10.1. The van der Waals surface area contributed by atoms with Crippen molar-refractivity contribution in [1.29, 1.82) is 0 Å². The molecule has 0 saturated carbocycles. The fourth-order valence-electron chi connectivity index (χ4n) is 1.76. The fourth-order valence-corrected chi connectivity index (χ4v) is 2.70. The number of halogens is 1. The van der Waals surface area contributed by atoms with Crippen LogP contribution in [0.2, 0.25) is 4.34 Å². The molecule has 1 aromatic heterocycles. The summed E-state index contributed by atoms with van der Waals surface area (Å²) in [4.78, 5) is 12.5. The van der Waals surface area contributed by atoms with Gasteiger partial charge in [0.15, 0.2) is 6.61 Å². The van der Waals surface area contributed by atoms with Crippen molar-refractivity contribution < 1.29 is 9.53 Å². The Labute approximate surface area is 132 Å². The maximum Gasteiger partial charge on any atom is 0.277 e. The van der Waals surface area contributed by atoms with Crippen LogP contribution in [0.25, 0.3) is 0 Å². The number of aryl methyl sites for hydroxylation is 2. The molecule has 2 rings (SSSR count). The molecule has 1 heterocycles. The summed E-state index contributed by atoms with van der Waals surface area (Å²) in [7, 11) is 0. The molecule has 1 N–H and O–H groups in total. The minimum Gasteiger partial charge on any atom is -0.483 e. The van der Waals surface area contributed by atoms with Gasteiger partial charge < -0.3 is 4.74 Å². The van der Waals surface area contributed by atoms with Crippen LogP contribution >= 0.6 is 22.9 Å². The number of amides is 1. The van der Waals surface area contributed by atoms with Gasteiger partial charge >= 0.3 is 0 Å². The Morgan fingerprint density at radius 1 is 1.33 bits per heavy atom. The Hall–Kier alpha value is -1.85. The molecule has 0 aliphatic carbocycles. The number of thiophene rings is 1. The molecule has 1 aromatic carbocycles. The Bertz CT molecular complexity index is 647. The summed E-state index contributed by atoms with van der Waals surface area (Å²) in [5, 5.41) is 3.86. The molecule has 0 atom stereocenters. The predicted octanol–water partition coefficient (Wildman–Crippen LogP) is 3.55. The number of para-hydroxylation sites is 1. The fraction of sp³-hybridized carbons (Fsp3) is 0.200. The third kappa shape index (κ3) is 4.58. The quantitative estimate of drug-likeness (QED) is 0.676. The number of hydrogen-bond donors (Lipinski definition) is 1. The highest BCUT2D eigenvalue weighted by Crippen LogP contribution is 2.22. The lowest BCUT2D eigenvalue weighted by Gasteiger charge is -2.10. The van der Waals surface area contributed by atoms with E-state index in [1.54, 1.807) is 12.3 Å². The lowest BCUT2D eigenvalue weighted by molar-refractivity contribution is -0.123. The van der Waals surface area contributed by atoms with Crippen molar-refractivity contribution in [3.63, 3.8) is 0 Å². The average Bonchev–Trinajstić information content (AvgIpc) is 2.84. The highest BCUT2D eigenvalue weighted by molar-refractivity contribution is 7.17. The topological polar surface area (TPSA) is 50.7 Å². The van der Waals surface area contributed by atoms with Crippen LogP contribution in [-0.4, -0.2) is 18.7 Å². The number of carbonyl (C=O) groups is 1. The molecule has 0 fully saturated rings. The van der Waals surface area contributed by atoms with Crippen LogP contribution in [0.3, 0.4) is 0 Å². The van der Waals surface area contributed by atoms with Crippen molar-refractivity contribution in [2.75, 3.05) is 6.61 Å². The van der Waals surface area contributed by atoms with E-state index in [2.05, 4.69) is 10.5 Å². The smallest absolute Gasteiger partial charge is 0.277 e. The number of benzene rings is 1. The van der Waals surface area contributed by atoms with Gasteiger partial charge in [0.25, 0.3) is 5.91 Å². The maximum absolute atomic E-state index is 11.7. The van der Waals surface area contributed by atoms with Crippen LogP contribution in [0.1, 0.15) is 16.0 Å². The summed E-state index contributed by atoms with van der Waals surface area (Å²) in [6.07, 6.45) is 1.55. The third-order valence-corrected chi connectivity index (χ3v) is 3.90. The van der Waals surface area contributed by atoms with Crippen LogP contribution in [0, 0.1) is 13.8 Å². The third-order valence-electron chi connectivity index (χ3n) is 2.73. The summed E-state index contributed by atoms with van der Waals surface area (Å²) >= 11 is 7.19. The molecule has 0 saturated heterocycles. The monoisotopic (exact) mass is 322 g/mol. The van der Waals surface area contributed by atoms with Gasteiger partial charge in [-0.15, -0.1) is 11.3 Å². The molecule has 2 aromatic rings. The Kier molecular flexibility index (Phi) is 5.36.